The highest BCUT2D eigenvalue weighted by molar-refractivity contribution is 5.91. The van der Waals surface area contributed by atoms with E-state index >= 15 is 0 Å². The van der Waals surface area contributed by atoms with Gasteiger partial charge in [0.15, 0.2) is 17.2 Å². The minimum absolute atomic E-state index is 0.108. The van der Waals surface area contributed by atoms with E-state index in [1.54, 1.807) is 18.2 Å². The molecule has 202 valence electrons. The number of aromatic nitrogens is 1. The van der Waals surface area contributed by atoms with E-state index in [0.29, 0.717) is 17.1 Å². The van der Waals surface area contributed by atoms with Gasteiger partial charge in [0.05, 0.1) is 12.1 Å². The van der Waals surface area contributed by atoms with Gasteiger partial charge in [0.25, 0.3) is 5.91 Å². The van der Waals surface area contributed by atoms with Crippen LogP contribution in [0.15, 0.2) is 83.5 Å². The molecule has 10 heteroatoms. The summed E-state index contributed by atoms with van der Waals surface area (Å²) in [7, 11) is 0. The van der Waals surface area contributed by atoms with E-state index in [4.69, 9.17) is 13.9 Å². The number of hydrogen-bond donors (Lipinski definition) is 1. The van der Waals surface area contributed by atoms with Crippen molar-refractivity contribution < 1.29 is 31.9 Å². The molecule has 1 amide bonds. The molecule has 2 heterocycles. The topological polar surface area (TPSA) is 76.8 Å². The molecule has 4 aromatic rings. The number of carbonyl (C=O) groups is 1. The van der Waals surface area contributed by atoms with Crippen molar-refractivity contribution in [3.8, 4) is 11.5 Å². The van der Waals surface area contributed by atoms with Gasteiger partial charge in [-0.05, 0) is 41.8 Å². The molecule has 0 spiro atoms. The molecule has 0 aliphatic carbocycles. The summed E-state index contributed by atoms with van der Waals surface area (Å²) in [5.74, 6) is 1.14. The van der Waals surface area contributed by atoms with Crippen LogP contribution in [0.5, 0.6) is 11.5 Å². The van der Waals surface area contributed by atoms with E-state index < -0.39 is 17.6 Å². The molecule has 1 aliphatic rings. The van der Waals surface area contributed by atoms with Gasteiger partial charge in [-0.2, -0.15) is 13.2 Å². The lowest BCUT2D eigenvalue weighted by Gasteiger charge is -2.28. The number of oxazole rings is 1. The van der Waals surface area contributed by atoms with Crippen LogP contribution in [0.4, 0.5) is 13.2 Å². The fourth-order valence-corrected chi connectivity index (χ4v) is 4.34. The number of halogens is 3. The zero-order valence-electron chi connectivity index (χ0n) is 21.1. The second-order valence-corrected chi connectivity index (χ2v) is 9.19. The normalized spacial score (nSPS) is 13.5. The van der Waals surface area contributed by atoms with E-state index in [1.807, 2.05) is 48.2 Å². The molecule has 0 bridgehead atoms. The summed E-state index contributed by atoms with van der Waals surface area (Å²) in [6, 6.07) is 20.1. The Labute approximate surface area is 223 Å². The molecular formula is C29H26F3N3O4. The standard InChI is InChI=1S/C29H26F3N3O4/c1-19(22-7-3-2-4-8-22)35(15-21-6-5-9-23(12-21)29(30,31)32)16-27-34-24(17-37-27)28(36)33-14-20-10-11-25-26(13-20)39-18-38-25/h2-13,17,19H,14-16,18H2,1H3,(H,33,36). The maximum absolute atomic E-state index is 13.3. The van der Waals surface area contributed by atoms with Crippen LogP contribution in [0.3, 0.4) is 0 Å². The minimum atomic E-state index is -4.43. The third-order valence-electron chi connectivity index (χ3n) is 6.48. The summed E-state index contributed by atoms with van der Waals surface area (Å²) >= 11 is 0. The number of fused-ring (bicyclic) bond motifs is 1. The number of nitrogens with one attached hydrogen (secondary N) is 1. The lowest BCUT2D eigenvalue weighted by atomic mass is 10.0. The molecule has 0 radical (unpaired) electrons. The van der Waals surface area contributed by atoms with E-state index in [-0.39, 0.29) is 44.1 Å². The summed E-state index contributed by atoms with van der Waals surface area (Å²) in [5.41, 5.74) is 1.72. The molecule has 1 atom stereocenters. The number of ether oxygens (including phenoxy) is 2. The van der Waals surface area contributed by atoms with Crippen LogP contribution in [-0.4, -0.2) is 22.6 Å². The fraction of sp³-hybridized carbons (Fsp3) is 0.241. The van der Waals surface area contributed by atoms with Gasteiger partial charge in [-0.3, -0.25) is 9.69 Å². The molecule has 1 aliphatic heterocycles. The van der Waals surface area contributed by atoms with E-state index in [0.717, 1.165) is 23.3 Å². The molecule has 1 N–H and O–H groups in total. The summed E-state index contributed by atoms with van der Waals surface area (Å²) in [6.45, 7) is 2.78. The van der Waals surface area contributed by atoms with Crippen LogP contribution < -0.4 is 14.8 Å². The minimum Gasteiger partial charge on any atom is -0.454 e. The van der Waals surface area contributed by atoms with Crippen LogP contribution in [0.1, 0.15) is 51.6 Å². The monoisotopic (exact) mass is 537 g/mol. The van der Waals surface area contributed by atoms with Crippen LogP contribution >= 0.6 is 0 Å². The number of rotatable bonds is 9. The van der Waals surface area contributed by atoms with Crippen molar-refractivity contribution in [2.75, 3.05) is 6.79 Å². The lowest BCUT2D eigenvalue weighted by Crippen LogP contribution is -2.27. The van der Waals surface area contributed by atoms with Gasteiger partial charge >= 0.3 is 6.18 Å². The Bertz CT molecular complexity index is 1440. The molecule has 1 unspecified atom stereocenters. The molecule has 3 aromatic carbocycles. The highest BCUT2D eigenvalue weighted by Crippen LogP contribution is 2.33. The molecule has 0 saturated heterocycles. The van der Waals surface area contributed by atoms with Crippen LogP contribution in [0.25, 0.3) is 0 Å². The number of carbonyl (C=O) groups excluding carboxylic acids is 1. The van der Waals surface area contributed by atoms with Crippen molar-refractivity contribution in [2.24, 2.45) is 0 Å². The molecule has 1 aromatic heterocycles. The van der Waals surface area contributed by atoms with Gasteiger partial charge in [0.1, 0.15) is 6.26 Å². The predicted octanol–water partition coefficient (Wildman–Crippen LogP) is 6.12. The predicted molar refractivity (Wildman–Crippen MR) is 136 cm³/mol. The van der Waals surface area contributed by atoms with Crippen molar-refractivity contribution in [2.45, 2.75) is 38.8 Å². The molecular weight excluding hydrogens is 511 g/mol. The summed E-state index contributed by atoms with van der Waals surface area (Å²) < 4.78 is 56.2. The highest BCUT2D eigenvalue weighted by Gasteiger charge is 2.30. The molecule has 39 heavy (non-hydrogen) atoms. The average molecular weight is 538 g/mol. The van der Waals surface area contributed by atoms with Crippen molar-refractivity contribution in [1.29, 1.82) is 0 Å². The first-order valence-electron chi connectivity index (χ1n) is 12.3. The number of alkyl halides is 3. The van der Waals surface area contributed by atoms with Crippen molar-refractivity contribution in [3.63, 3.8) is 0 Å². The fourth-order valence-electron chi connectivity index (χ4n) is 4.34. The molecule has 0 fully saturated rings. The SMILES string of the molecule is CC(c1ccccc1)N(Cc1cccc(C(F)(F)F)c1)Cc1nc(C(=O)NCc2ccc3c(c2)OCO3)co1. The zero-order chi connectivity index (χ0) is 27.4. The van der Waals surface area contributed by atoms with Crippen molar-refractivity contribution in [1.82, 2.24) is 15.2 Å². The first-order chi connectivity index (χ1) is 18.8. The summed E-state index contributed by atoms with van der Waals surface area (Å²) in [5, 5.41) is 2.80. The van der Waals surface area contributed by atoms with E-state index in [2.05, 4.69) is 10.3 Å². The quantitative estimate of drug-likeness (QED) is 0.277. The third kappa shape index (κ3) is 6.40. The number of hydrogen-bond acceptors (Lipinski definition) is 6. The third-order valence-corrected chi connectivity index (χ3v) is 6.48. The number of amides is 1. The average Bonchev–Trinajstić information content (AvgIpc) is 3.60. The lowest BCUT2D eigenvalue weighted by molar-refractivity contribution is -0.137. The van der Waals surface area contributed by atoms with Crippen LogP contribution in [0.2, 0.25) is 0 Å². The van der Waals surface area contributed by atoms with Gasteiger partial charge in [-0.15, -0.1) is 0 Å². The van der Waals surface area contributed by atoms with Gasteiger partial charge < -0.3 is 19.2 Å². The Morgan fingerprint density at radius 2 is 1.77 bits per heavy atom. The first kappa shape index (κ1) is 26.3. The van der Waals surface area contributed by atoms with Crippen LogP contribution in [-0.2, 0) is 25.8 Å². The Morgan fingerprint density at radius 1 is 0.974 bits per heavy atom. The Hall–Kier alpha value is -4.31. The van der Waals surface area contributed by atoms with Gasteiger partial charge in [-0.25, -0.2) is 4.98 Å². The second-order valence-electron chi connectivity index (χ2n) is 9.19. The van der Waals surface area contributed by atoms with Gasteiger partial charge in [0, 0.05) is 19.1 Å². The van der Waals surface area contributed by atoms with Gasteiger partial charge in [0.2, 0.25) is 12.7 Å². The molecule has 5 rings (SSSR count). The summed E-state index contributed by atoms with van der Waals surface area (Å²) in [4.78, 5) is 19.0. The molecule has 7 nitrogen and oxygen atoms in total. The van der Waals surface area contributed by atoms with E-state index in [9.17, 15) is 18.0 Å². The van der Waals surface area contributed by atoms with Gasteiger partial charge in [-0.1, -0.05) is 54.6 Å². The Morgan fingerprint density at radius 3 is 2.56 bits per heavy atom. The molecule has 0 saturated carbocycles. The largest absolute Gasteiger partial charge is 0.454 e. The smallest absolute Gasteiger partial charge is 0.416 e. The first-order valence-corrected chi connectivity index (χ1v) is 12.3. The second kappa shape index (κ2) is 11.2. The van der Waals surface area contributed by atoms with Crippen molar-refractivity contribution >= 4 is 5.91 Å². The number of nitrogens with zero attached hydrogens (tertiary/aromatic N) is 2. The maximum Gasteiger partial charge on any atom is 0.416 e. The summed E-state index contributed by atoms with van der Waals surface area (Å²) in [6.07, 6.45) is -3.16. The zero-order valence-corrected chi connectivity index (χ0v) is 21.1. The highest BCUT2D eigenvalue weighted by atomic mass is 19.4. The Kier molecular flexibility index (Phi) is 7.56. The van der Waals surface area contributed by atoms with E-state index in [1.165, 1.54) is 12.3 Å². The Balaban J connectivity index is 1.29. The van der Waals surface area contributed by atoms with Crippen LogP contribution in [0, 0.1) is 0 Å². The van der Waals surface area contributed by atoms with Crippen molar-refractivity contribution in [3.05, 3.63) is 113 Å². The maximum atomic E-state index is 13.3. The number of benzene rings is 3.